The summed E-state index contributed by atoms with van der Waals surface area (Å²) in [6.45, 7) is 17.5. The van der Waals surface area contributed by atoms with Gasteiger partial charge in [0.15, 0.2) is 0 Å². The Bertz CT molecular complexity index is 455. The van der Waals surface area contributed by atoms with Crippen molar-refractivity contribution < 1.29 is 9.47 Å². The van der Waals surface area contributed by atoms with Crippen LogP contribution >= 0.6 is 0 Å². The van der Waals surface area contributed by atoms with Gasteiger partial charge in [0.05, 0.1) is 0 Å². The summed E-state index contributed by atoms with van der Waals surface area (Å²) in [5, 5.41) is 0. The fourth-order valence-electron chi connectivity index (χ4n) is 2.60. The fraction of sp³-hybridized carbons (Fsp3) is 0.700. The monoisotopic (exact) mass is 306 g/mol. The van der Waals surface area contributed by atoms with Crippen molar-refractivity contribution >= 4 is 0 Å². The number of ether oxygens (including phenoxy) is 2. The lowest BCUT2D eigenvalue weighted by Crippen LogP contribution is -2.34. The molecule has 0 spiro atoms. The van der Waals surface area contributed by atoms with Crippen molar-refractivity contribution in [3.05, 3.63) is 24.3 Å². The summed E-state index contributed by atoms with van der Waals surface area (Å²) in [6.07, 6.45) is 3.15. The molecular formula is C20H34O2. The molecule has 1 rings (SSSR count). The molecule has 0 fully saturated rings. The maximum absolute atomic E-state index is 6.20. The van der Waals surface area contributed by atoms with Crippen LogP contribution in [0.25, 0.3) is 0 Å². The van der Waals surface area contributed by atoms with Crippen LogP contribution in [0.15, 0.2) is 24.3 Å². The Balaban J connectivity index is 2.71. The van der Waals surface area contributed by atoms with Crippen molar-refractivity contribution in [2.24, 2.45) is 5.41 Å². The molecule has 0 aliphatic heterocycles. The molecule has 22 heavy (non-hydrogen) atoms. The Morgan fingerprint density at radius 1 is 0.682 bits per heavy atom. The highest BCUT2D eigenvalue weighted by Gasteiger charge is 2.29. The van der Waals surface area contributed by atoms with Crippen LogP contribution in [0.3, 0.4) is 0 Å². The molecule has 0 saturated carbocycles. The Morgan fingerprint density at radius 2 is 1.09 bits per heavy atom. The minimum Gasteiger partial charge on any atom is -0.488 e. The van der Waals surface area contributed by atoms with E-state index in [1.807, 2.05) is 24.3 Å². The van der Waals surface area contributed by atoms with Crippen LogP contribution in [0.4, 0.5) is 0 Å². The molecule has 1 aromatic rings. The minimum absolute atomic E-state index is 0.132. The zero-order valence-corrected chi connectivity index (χ0v) is 15.7. The van der Waals surface area contributed by atoms with Crippen molar-refractivity contribution in [2.75, 3.05) is 0 Å². The van der Waals surface area contributed by atoms with Crippen molar-refractivity contribution in [2.45, 2.75) is 85.9 Å². The van der Waals surface area contributed by atoms with Gasteiger partial charge < -0.3 is 9.47 Å². The second kappa shape index (κ2) is 6.93. The summed E-state index contributed by atoms with van der Waals surface area (Å²) in [7, 11) is 0. The van der Waals surface area contributed by atoms with Gasteiger partial charge in [0.2, 0.25) is 0 Å². The number of hydrogen-bond donors (Lipinski definition) is 0. The highest BCUT2D eigenvalue weighted by molar-refractivity contribution is 5.32. The molecule has 0 heterocycles. The van der Waals surface area contributed by atoms with Crippen LogP contribution in [0.1, 0.15) is 74.7 Å². The van der Waals surface area contributed by atoms with Gasteiger partial charge in [-0.3, -0.25) is 0 Å². The largest absolute Gasteiger partial charge is 0.488 e. The first kappa shape index (κ1) is 18.9. The lowest BCUT2D eigenvalue weighted by Gasteiger charge is -2.35. The molecule has 0 bridgehead atoms. The van der Waals surface area contributed by atoms with E-state index in [2.05, 4.69) is 55.4 Å². The predicted octanol–water partition coefficient (Wildman–Crippen LogP) is 6.24. The van der Waals surface area contributed by atoms with Gasteiger partial charge in [-0.1, -0.05) is 34.1 Å². The zero-order valence-electron chi connectivity index (χ0n) is 15.7. The first-order valence-electron chi connectivity index (χ1n) is 8.47. The molecule has 126 valence electrons. The van der Waals surface area contributed by atoms with Crippen molar-refractivity contribution in [3.8, 4) is 11.5 Å². The Kier molecular flexibility index (Phi) is 5.95. The van der Waals surface area contributed by atoms with E-state index in [9.17, 15) is 0 Å². The summed E-state index contributed by atoms with van der Waals surface area (Å²) in [5.74, 6) is 1.80. The van der Waals surface area contributed by atoms with Crippen molar-refractivity contribution in [1.82, 2.24) is 0 Å². The molecule has 0 aliphatic rings. The Morgan fingerprint density at radius 3 is 1.45 bits per heavy atom. The van der Waals surface area contributed by atoms with Crippen molar-refractivity contribution in [1.29, 1.82) is 0 Å². The predicted molar refractivity (Wildman–Crippen MR) is 94.8 cm³/mol. The normalized spacial score (nSPS) is 13.1. The van der Waals surface area contributed by atoms with E-state index >= 15 is 0 Å². The number of rotatable bonds is 8. The highest BCUT2D eigenvalue weighted by atomic mass is 16.5. The van der Waals surface area contributed by atoms with E-state index in [1.54, 1.807) is 0 Å². The summed E-state index contributed by atoms with van der Waals surface area (Å²) < 4.78 is 12.2. The Hall–Kier alpha value is -1.18. The third-order valence-electron chi connectivity index (χ3n) is 4.32. The molecule has 0 saturated heterocycles. The first-order valence-corrected chi connectivity index (χ1v) is 8.47. The van der Waals surface area contributed by atoms with E-state index in [0.717, 1.165) is 30.8 Å². The highest BCUT2D eigenvalue weighted by Crippen LogP contribution is 2.34. The molecule has 0 N–H and O–H groups in total. The van der Waals surface area contributed by atoms with Gasteiger partial charge in [-0.15, -0.1) is 0 Å². The number of benzene rings is 1. The smallest absolute Gasteiger partial charge is 0.120 e. The molecule has 2 heteroatoms. The molecule has 0 amide bonds. The van der Waals surface area contributed by atoms with Crippen LogP contribution in [-0.4, -0.2) is 11.2 Å². The minimum atomic E-state index is -0.176. The summed E-state index contributed by atoms with van der Waals surface area (Å²) in [5.41, 5.74) is -0.0188. The molecule has 0 atom stereocenters. The van der Waals surface area contributed by atoms with Gasteiger partial charge >= 0.3 is 0 Å². The third-order valence-corrected chi connectivity index (χ3v) is 4.32. The lowest BCUT2D eigenvalue weighted by atomic mass is 9.80. The van der Waals surface area contributed by atoms with Gasteiger partial charge in [-0.05, 0) is 70.2 Å². The summed E-state index contributed by atoms with van der Waals surface area (Å²) in [6, 6.07) is 7.99. The van der Waals surface area contributed by atoms with Gasteiger partial charge in [0.25, 0.3) is 0 Å². The molecule has 0 aromatic heterocycles. The molecular weight excluding hydrogens is 272 g/mol. The summed E-state index contributed by atoms with van der Waals surface area (Å²) >= 11 is 0. The molecule has 0 aliphatic carbocycles. The van der Waals surface area contributed by atoms with E-state index in [4.69, 9.17) is 9.47 Å². The SMILES string of the molecule is CCC(C)(C)CC(C)(C)Oc1ccc(OC(C)(C)CC)cc1. The molecule has 1 aromatic carbocycles. The van der Waals surface area contributed by atoms with Crippen molar-refractivity contribution in [3.63, 3.8) is 0 Å². The summed E-state index contributed by atoms with van der Waals surface area (Å²) in [4.78, 5) is 0. The van der Waals surface area contributed by atoms with Crippen LogP contribution in [0.2, 0.25) is 0 Å². The maximum Gasteiger partial charge on any atom is 0.120 e. The van der Waals surface area contributed by atoms with Crippen LogP contribution < -0.4 is 9.47 Å². The molecule has 0 unspecified atom stereocenters. The second-order valence-corrected chi connectivity index (χ2v) is 8.24. The topological polar surface area (TPSA) is 18.5 Å². The van der Waals surface area contributed by atoms with E-state index in [-0.39, 0.29) is 16.6 Å². The lowest BCUT2D eigenvalue weighted by molar-refractivity contribution is 0.0546. The van der Waals surface area contributed by atoms with E-state index in [1.165, 1.54) is 0 Å². The zero-order chi connectivity index (χ0) is 17.0. The first-order chi connectivity index (χ1) is 9.99. The van der Waals surface area contributed by atoms with E-state index in [0.29, 0.717) is 0 Å². The fourth-order valence-corrected chi connectivity index (χ4v) is 2.60. The standard InChI is InChI=1S/C20H34O2/c1-9-18(3,4)15-20(7,8)22-17-13-11-16(12-14-17)21-19(5,6)10-2/h11-14H,9-10,15H2,1-8H3. The van der Waals surface area contributed by atoms with Gasteiger partial charge in [0.1, 0.15) is 22.7 Å². The molecule has 0 radical (unpaired) electrons. The van der Waals surface area contributed by atoms with Crippen LogP contribution in [0.5, 0.6) is 11.5 Å². The third kappa shape index (κ3) is 6.29. The molecule has 2 nitrogen and oxygen atoms in total. The maximum atomic E-state index is 6.20. The Labute approximate surface area is 137 Å². The quantitative estimate of drug-likeness (QED) is 0.566. The number of hydrogen-bond acceptors (Lipinski definition) is 2. The van der Waals surface area contributed by atoms with Gasteiger partial charge in [-0.25, -0.2) is 0 Å². The average Bonchev–Trinajstić information content (AvgIpc) is 2.39. The van der Waals surface area contributed by atoms with Crippen LogP contribution in [0, 0.1) is 5.41 Å². The van der Waals surface area contributed by atoms with Crippen LogP contribution in [-0.2, 0) is 0 Å². The van der Waals surface area contributed by atoms with E-state index < -0.39 is 0 Å². The average molecular weight is 306 g/mol. The van der Waals surface area contributed by atoms with Gasteiger partial charge in [0, 0.05) is 0 Å². The second-order valence-electron chi connectivity index (χ2n) is 8.24. The van der Waals surface area contributed by atoms with Gasteiger partial charge in [-0.2, -0.15) is 0 Å².